The van der Waals surface area contributed by atoms with Crippen molar-refractivity contribution in [2.24, 2.45) is 11.8 Å². The van der Waals surface area contributed by atoms with Crippen molar-refractivity contribution in [3.63, 3.8) is 0 Å². The first-order valence-electron chi connectivity index (χ1n) is 7.47. The van der Waals surface area contributed by atoms with E-state index in [9.17, 15) is 4.79 Å². The van der Waals surface area contributed by atoms with E-state index in [1.165, 1.54) is 0 Å². The van der Waals surface area contributed by atoms with Gasteiger partial charge in [-0.05, 0) is 36.8 Å². The van der Waals surface area contributed by atoms with E-state index in [1.807, 2.05) is 24.3 Å². The number of carbonyl (C=O) groups excluding carboxylic acids is 1. The number of nitrogens with one attached hydrogen (secondary N) is 1. The molecule has 0 fully saturated rings. The van der Waals surface area contributed by atoms with Crippen molar-refractivity contribution in [2.45, 2.75) is 26.7 Å². The van der Waals surface area contributed by atoms with Gasteiger partial charge in [0.1, 0.15) is 5.58 Å². The third kappa shape index (κ3) is 4.33. The Morgan fingerprint density at radius 2 is 2.10 bits per heavy atom. The molecule has 1 aromatic heterocycles. The largest absolute Gasteiger partial charge is 0.451 e. The maximum Gasteiger partial charge on any atom is 0.287 e. The van der Waals surface area contributed by atoms with E-state index < -0.39 is 0 Å². The Hall–Kier alpha value is -1.81. The molecule has 2 rings (SSSR count). The fraction of sp³-hybridized carbons (Fsp3) is 0.471. The van der Waals surface area contributed by atoms with Gasteiger partial charge in [-0.15, -0.1) is 0 Å². The fourth-order valence-electron chi connectivity index (χ4n) is 2.57. The van der Waals surface area contributed by atoms with Crippen LogP contribution < -0.4 is 5.32 Å². The van der Waals surface area contributed by atoms with Crippen molar-refractivity contribution >= 4 is 16.9 Å². The Morgan fingerprint density at radius 3 is 2.76 bits per heavy atom. The average Bonchev–Trinajstić information content (AvgIpc) is 2.88. The summed E-state index contributed by atoms with van der Waals surface area (Å²) in [6.45, 7) is 5.00. The molecule has 0 aliphatic rings. The van der Waals surface area contributed by atoms with Crippen LogP contribution in [0.2, 0.25) is 0 Å². The van der Waals surface area contributed by atoms with E-state index >= 15 is 0 Å². The van der Waals surface area contributed by atoms with Crippen LogP contribution in [-0.4, -0.2) is 24.2 Å². The van der Waals surface area contributed by atoms with Crippen molar-refractivity contribution in [1.29, 1.82) is 0 Å². The molecule has 4 nitrogen and oxygen atoms in total. The number of hydrogen-bond donors (Lipinski definition) is 2. The molecule has 0 radical (unpaired) electrons. The summed E-state index contributed by atoms with van der Waals surface area (Å²) in [6.07, 6.45) is 1.69. The van der Waals surface area contributed by atoms with Gasteiger partial charge in [-0.1, -0.05) is 32.0 Å². The van der Waals surface area contributed by atoms with Gasteiger partial charge < -0.3 is 14.8 Å². The summed E-state index contributed by atoms with van der Waals surface area (Å²) in [6, 6.07) is 9.32. The number of furan rings is 1. The summed E-state index contributed by atoms with van der Waals surface area (Å²) in [5.41, 5.74) is 0.719. The van der Waals surface area contributed by atoms with Gasteiger partial charge in [0.25, 0.3) is 5.91 Å². The molecule has 0 spiro atoms. The van der Waals surface area contributed by atoms with Crippen molar-refractivity contribution in [1.82, 2.24) is 5.32 Å². The summed E-state index contributed by atoms with van der Waals surface area (Å²) in [4.78, 5) is 12.1. The number of rotatable bonds is 7. The van der Waals surface area contributed by atoms with E-state index in [1.54, 1.807) is 6.07 Å². The quantitative estimate of drug-likeness (QED) is 0.822. The van der Waals surface area contributed by atoms with Crippen molar-refractivity contribution in [2.75, 3.05) is 13.2 Å². The zero-order chi connectivity index (χ0) is 15.2. The van der Waals surface area contributed by atoms with Gasteiger partial charge in [-0.3, -0.25) is 4.79 Å². The molecule has 0 saturated carbocycles. The van der Waals surface area contributed by atoms with Crippen LogP contribution in [0.5, 0.6) is 0 Å². The Bertz CT molecular complexity index is 555. The smallest absolute Gasteiger partial charge is 0.287 e. The third-order valence-corrected chi connectivity index (χ3v) is 3.54. The number of carbonyl (C=O) groups is 1. The van der Waals surface area contributed by atoms with Crippen LogP contribution in [0.15, 0.2) is 34.7 Å². The van der Waals surface area contributed by atoms with E-state index in [4.69, 9.17) is 9.52 Å². The average molecular weight is 289 g/mol. The first-order chi connectivity index (χ1) is 10.1. The van der Waals surface area contributed by atoms with Gasteiger partial charge in [0, 0.05) is 18.5 Å². The van der Waals surface area contributed by atoms with Crippen LogP contribution in [0.3, 0.4) is 0 Å². The van der Waals surface area contributed by atoms with Crippen molar-refractivity contribution in [3.8, 4) is 0 Å². The summed E-state index contributed by atoms with van der Waals surface area (Å²) in [7, 11) is 0. The Labute approximate surface area is 125 Å². The molecule has 1 amide bonds. The maximum absolute atomic E-state index is 12.1. The first-order valence-corrected chi connectivity index (χ1v) is 7.47. The van der Waals surface area contributed by atoms with E-state index in [0.717, 1.165) is 17.4 Å². The molecule has 4 heteroatoms. The molecule has 1 aromatic carbocycles. The highest BCUT2D eigenvalue weighted by Crippen LogP contribution is 2.19. The van der Waals surface area contributed by atoms with Crippen LogP contribution in [0.25, 0.3) is 11.0 Å². The van der Waals surface area contributed by atoms with Crippen molar-refractivity contribution < 1.29 is 14.3 Å². The first kappa shape index (κ1) is 15.6. The second-order valence-corrected chi connectivity index (χ2v) is 5.87. The lowest BCUT2D eigenvalue weighted by atomic mass is 9.94. The highest BCUT2D eigenvalue weighted by Gasteiger charge is 2.15. The summed E-state index contributed by atoms with van der Waals surface area (Å²) in [5, 5.41) is 12.9. The normalized spacial score (nSPS) is 12.8. The standard InChI is InChI=1S/C17H23NO3/c1-12(2)9-13(7-8-19)11-18-17(20)16-10-14-5-3-4-6-15(14)21-16/h3-6,10,12-13,19H,7-9,11H2,1-2H3,(H,18,20). The van der Waals surface area contributed by atoms with Gasteiger partial charge in [-0.2, -0.15) is 0 Å². The molecule has 114 valence electrons. The number of benzene rings is 1. The number of para-hydroxylation sites is 1. The Balaban J connectivity index is 1.96. The molecule has 1 unspecified atom stereocenters. The minimum atomic E-state index is -0.196. The minimum absolute atomic E-state index is 0.151. The number of amides is 1. The highest BCUT2D eigenvalue weighted by molar-refractivity contribution is 5.96. The molecular formula is C17H23NO3. The number of fused-ring (bicyclic) bond motifs is 1. The predicted molar refractivity (Wildman–Crippen MR) is 83.2 cm³/mol. The zero-order valence-electron chi connectivity index (χ0n) is 12.6. The lowest BCUT2D eigenvalue weighted by molar-refractivity contribution is 0.0916. The van der Waals surface area contributed by atoms with Crippen LogP contribution in [0, 0.1) is 11.8 Å². The van der Waals surface area contributed by atoms with E-state index in [2.05, 4.69) is 19.2 Å². The molecular weight excluding hydrogens is 266 g/mol. The molecule has 0 aliphatic carbocycles. The van der Waals surface area contributed by atoms with Gasteiger partial charge in [0.2, 0.25) is 0 Å². The van der Waals surface area contributed by atoms with Crippen molar-refractivity contribution in [3.05, 3.63) is 36.1 Å². The molecule has 21 heavy (non-hydrogen) atoms. The zero-order valence-corrected chi connectivity index (χ0v) is 12.6. The van der Waals surface area contributed by atoms with E-state index in [0.29, 0.717) is 30.6 Å². The van der Waals surface area contributed by atoms with Crippen LogP contribution in [0.1, 0.15) is 37.2 Å². The Morgan fingerprint density at radius 1 is 1.33 bits per heavy atom. The second kappa shape index (κ2) is 7.27. The van der Waals surface area contributed by atoms with Crippen LogP contribution >= 0.6 is 0 Å². The maximum atomic E-state index is 12.1. The van der Waals surface area contributed by atoms with E-state index in [-0.39, 0.29) is 12.5 Å². The molecule has 0 saturated heterocycles. The van der Waals surface area contributed by atoms with Gasteiger partial charge in [-0.25, -0.2) is 0 Å². The SMILES string of the molecule is CC(C)CC(CCO)CNC(=O)c1cc2ccccc2o1. The summed E-state index contributed by atoms with van der Waals surface area (Å²) >= 11 is 0. The molecule has 2 aromatic rings. The predicted octanol–water partition coefficient (Wildman–Crippen LogP) is 3.21. The molecule has 1 heterocycles. The highest BCUT2D eigenvalue weighted by atomic mass is 16.3. The van der Waals surface area contributed by atoms with Crippen LogP contribution in [0.4, 0.5) is 0 Å². The molecule has 0 aliphatic heterocycles. The van der Waals surface area contributed by atoms with Gasteiger partial charge in [0.15, 0.2) is 5.76 Å². The fourth-order valence-corrected chi connectivity index (χ4v) is 2.57. The lowest BCUT2D eigenvalue weighted by Crippen LogP contribution is -2.30. The van der Waals surface area contributed by atoms with Gasteiger partial charge in [0.05, 0.1) is 0 Å². The molecule has 2 N–H and O–H groups in total. The summed E-state index contributed by atoms with van der Waals surface area (Å²) in [5.74, 6) is 0.981. The third-order valence-electron chi connectivity index (χ3n) is 3.54. The summed E-state index contributed by atoms with van der Waals surface area (Å²) < 4.78 is 5.54. The number of aliphatic hydroxyl groups excluding tert-OH is 1. The second-order valence-electron chi connectivity index (χ2n) is 5.87. The topological polar surface area (TPSA) is 62.5 Å². The molecule has 1 atom stereocenters. The molecule has 0 bridgehead atoms. The monoisotopic (exact) mass is 289 g/mol. The van der Waals surface area contributed by atoms with Crippen LogP contribution in [-0.2, 0) is 0 Å². The lowest BCUT2D eigenvalue weighted by Gasteiger charge is -2.18. The minimum Gasteiger partial charge on any atom is -0.451 e. The number of hydrogen-bond acceptors (Lipinski definition) is 3. The van der Waals surface area contributed by atoms with Gasteiger partial charge >= 0.3 is 0 Å². The number of aliphatic hydroxyl groups is 1. The Kier molecular flexibility index (Phi) is 5.39.